The highest BCUT2D eigenvalue weighted by Crippen LogP contribution is 2.21. The van der Waals surface area contributed by atoms with Crippen molar-refractivity contribution in [3.05, 3.63) is 82.3 Å². The maximum Gasteiger partial charge on any atom is 0.237 e. The van der Waals surface area contributed by atoms with Crippen molar-refractivity contribution in [1.82, 2.24) is 15.6 Å². The van der Waals surface area contributed by atoms with Gasteiger partial charge in [-0.1, -0.05) is 62.7 Å². The van der Waals surface area contributed by atoms with Crippen LogP contribution in [0.4, 0.5) is 0 Å². The second-order valence-corrected chi connectivity index (χ2v) is 10.2. The number of rotatable bonds is 14. The first-order valence-electron chi connectivity index (χ1n) is 12.9. The van der Waals surface area contributed by atoms with E-state index in [0.717, 1.165) is 35.4 Å². The molecule has 0 fully saturated rings. The Morgan fingerprint density at radius 1 is 1.03 bits per heavy atom. The molecule has 198 valence electrons. The molecule has 3 aromatic rings. The van der Waals surface area contributed by atoms with Crippen LogP contribution in [0.25, 0.3) is 0 Å². The van der Waals surface area contributed by atoms with Crippen molar-refractivity contribution in [2.24, 2.45) is 11.7 Å². The summed E-state index contributed by atoms with van der Waals surface area (Å²) in [5.74, 6) is 0.525. The van der Waals surface area contributed by atoms with Gasteiger partial charge in [0.05, 0.1) is 35.8 Å². The van der Waals surface area contributed by atoms with E-state index in [9.17, 15) is 9.59 Å². The number of benzene rings is 2. The zero-order valence-corrected chi connectivity index (χ0v) is 22.7. The number of nitrogens with two attached hydrogens (primary N) is 1. The average molecular weight is 523 g/mol. The number of ether oxygens (including phenoxy) is 1. The lowest BCUT2D eigenvalue weighted by Gasteiger charge is -2.23. The second-order valence-electron chi connectivity index (χ2n) is 9.50. The minimum Gasteiger partial charge on any atom is -0.493 e. The molecule has 0 aliphatic carbocycles. The molecule has 0 saturated carbocycles. The van der Waals surface area contributed by atoms with Crippen LogP contribution in [0.2, 0.25) is 0 Å². The van der Waals surface area contributed by atoms with Crippen LogP contribution >= 0.6 is 11.3 Å². The maximum absolute atomic E-state index is 13.1. The van der Waals surface area contributed by atoms with Crippen molar-refractivity contribution in [3.8, 4) is 5.75 Å². The molecule has 1 aromatic heterocycles. The molecule has 2 aromatic carbocycles. The number of thiazole rings is 1. The van der Waals surface area contributed by atoms with E-state index in [1.807, 2.05) is 66.9 Å². The first kappa shape index (κ1) is 28.3. The van der Waals surface area contributed by atoms with Gasteiger partial charge in [0.1, 0.15) is 5.75 Å². The number of nitrogens with zero attached hydrogens (tertiary/aromatic N) is 1. The molecule has 0 bridgehead atoms. The number of hydrogen-bond donors (Lipinski definition) is 3. The summed E-state index contributed by atoms with van der Waals surface area (Å²) < 4.78 is 5.93. The number of aromatic nitrogens is 1. The third-order valence-electron chi connectivity index (χ3n) is 6.34. The van der Waals surface area contributed by atoms with Gasteiger partial charge in [-0.05, 0) is 42.5 Å². The second kappa shape index (κ2) is 14.5. The molecule has 4 N–H and O–H groups in total. The zero-order valence-electron chi connectivity index (χ0n) is 21.9. The van der Waals surface area contributed by atoms with Gasteiger partial charge in [0.15, 0.2) is 0 Å². The van der Waals surface area contributed by atoms with Crippen molar-refractivity contribution >= 4 is 23.2 Å². The summed E-state index contributed by atoms with van der Waals surface area (Å²) in [5, 5.41) is 7.91. The van der Waals surface area contributed by atoms with Crippen LogP contribution in [0.15, 0.2) is 65.5 Å². The van der Waals surface area contributed by atoms with Crippen molar-refractivity contribution in [2.75, 3.05) is 13.2 Å². The number of carbonyl (C=O) groups excluding carboxylic acids is 2. The highest BCUT2D eigenvalue weighted by molar-refractivity contribution is 7.07. The van der Waals surface area contributed by atoms with Crippen LogP contribution in [-0.4, -0.2) is 36.0 Å². The molecule has 2 amide bonds. The summed E-state index contributed by atoms with van der Waals surface area (Å²) in [6, 6.07) is 16.2. The van der Waals surface area contributed by atoms with Gasteiger partial charge in [-0.2, -0.15) is 0 Å². The smallest absolute Gasteiger partial charge is 0.237 e. The van der Waals surface area contributed by atoms with Crippen LogP contribution in [-0.2, 0) is 16.0 Å². The molecule has 8 heteroatoms. The highest BCUT2D eigenvalue weighted by atomic mass is 32.1. The predicted octanol–water partition coefficient (Wildman–Crippen LogP) is 4.61. The van der Waals surface area contributed by atoms with Crippen molar-refractivity contribution < 1.29 is 14.3 Å². The molecular weight excluding hydrogens is 484 g/mol. The largest absolute Gasteiger partial charge is 0.493 e. The predicted molar refractivity (Wildman–Crippen MR) is 149 cm³/mol. The summed E-state index contributed by atoms with van der Waals surface area (Å²) in [7, 11) is 0. The van der Waals surface area contributed by atoms with Crippen molar-refractivity contribution in [1.29, 1.82) is 0 Å². The average Bonchev–Trinajstić information content (AvgIpc) is 3.43. The topological polar surface area (TPSA) is 106 Å². The summed E-state index contributed by atoms with van der Waals surface area (Å²) in [4.78, 5) is 30.1. The Balaban J connectivity index is 1.68. The molecule has 3 rings (SSSR count). The van der Waals surface area contributed by atoms with Crippen molar-refractivity contribution in [3.63, 3.8) is 0 Å². The fraction of sp³-hybridized carbons (Fsp3) is 0.414. The van der Waals surface area contributed by atoms with E-state index in [0.29, 0.717) is 18.9 Å². The van der Waals surface area contributed by atoms with Gasteiger partial charge in [0.25, 0.3) is 0 Å². The van der Waals surface area contributed by atoms with Crippen LogP contribution in [0.1, 0.15) is 62.4 Å². The van der Waals surface area contributed by atoms with Crippen LogP contribution < -0.4 is 21.1 Å². The fourth-order valence-electron chi connectivity index (χ4n) is 4.04. The number of carbonyl (C=O) groups is 2. The van der Waals surface area contributed by atoms with Crippen LogP contribution in [0.5, 0.6) is 5.75 Å². The molecule has 37 heavy (non-hydrogen) atoms. The Morgan fingerprint density at radius 3 is 2.41 bits per heavy atom. The minimum absolute atomic E-state index is 0.120. The molecule has 0 aliphatic rings. The van der Waals surface area contributed by atoms with E-state index in [1.165, 1.54) is 11.3 Å². The number of hydrogen-bond acceptors (Lipinski definition) is 6. The minimum atomic E-state index is -0.720. The van der Waals surface area contributed by atoms with Gasteiger partial charge in [-0.3, -0.25) is 9.59 Å². The summed E-state index contributed by atoms with van der Waals surface area (Å²) in [6.45, 7) is 7.10. The third kappa shape index (κ3) is 8.98. The van der Waals surface area contributed by atoms with Gasteiger partial charge in [0.2, 0.25) is 11.8 Å². The first-order chi connectivity index (χ1) is 17.9. The molecular formula is C29H38N4O3S. The van der Waals surface area contributed by atoms with E-state index >= 15 is 0 Å². The Kier molecular flexibility index (Phi) is 11.1. The standard InChI is InChI=1S/C29H38N4O3S/c1-4-8-20(2)17-36-25-13-11-23(12-14-25)27(33-28(34)21(3)22-9-6-5-7-10-22)16-31-29(35)26(30)15-24-18-37-19-32-24/h5-7,9-14,18-21,26-27H,4,8,15-17,30H2,1-3H3,(H,31,35)(H,33,34)/t20?,21-,26+,27+/m0/s1. The quantitative estimate of drug-likeness (QED) is 0.287. The van der Waals surface area contributed by atoms with Gasteiger partial charge < -0.3 is 21.1 Å². The normalized spacial score (nSPS) is 14.3. The summed E-state index contributed by atoms with van der Waals surface area (Å²) >= 11 is 1.47. The monoisotopic (exact) mass is 522 g/mol. The SMILES string of the molecule is CCCC(C)COc1ccc([C@@H](CNC(=O)[C@H](N)Cc2cscn2)NC(=O)[C@@H](C)c2ccccc2)cc1. The van der Waals surface area contributed by atoms with Crippen molar-refractivity contribution in [2.45, 2.75) is 58.0 Å². The van der Waals surface area contributed by atoms with Crippen LogP contribution in [0, 0.1) is 5.92 Å². The molecule has 0 spiro atoms. The lowest BCUT2D eigenvalue weighted by molar-refractivity contribution is -0.124. The van der Waals surface area contributed by atoms with Gasteiger partial charge >= 0.3 is 0 Å². The van der Waals surface area contributed by atoms with Crippen LogP contribution in [0.3, 0.4) is 0 Å². The molecule has 0 radical (unpaired) electrons. The van der Waals surface area contributed by atoms with Gasteiger partial charge in [0, 0.05) is 18.3 Å². The Hall–Kier alpha value is -3.23. The lowest BCUT2D eigenvalue weighted by atomic mass is 9.99. The molecule has 1 unspecified atom stereocenters. The van der Waals surface area contributed by atoms with Gasteiger partial charge in [-0.25, -0.2) is 4.98 Å². The molecule has 0 aliphatic heterocycles. The Morgan fingerprint density at radius 2 is 1.76 bits per heavy atom. The number of amides is 2. The molecule has 0 saturated heterocycles. The molecule has 4 atom stereocenters. The van der Waals surface area contributed by atoms with E-state index in [2.05, 4.69) is 29.5 Å². The Bertz CT molecular complexity index is 1090. The molecule has 7 nitrogen and oxygen atoms in total. The Labute approximate surface area is 223 Å². The first-order valence-corrected chi connectivity index (χ1v) is 13.8. The van der Waals surface area contributed by atoms with E-state index < -0.39 is 12.1 Å². The van der Waals surface area contributed by atoms with Gasteiger partial charge in [-0.15, -0.1) is 11.3 Å². The zero-order chi connectivity index (χ0) is 26.6. The third-order valence-corrected chi connectivity index (χ3v) is 6.97. The van der Waals surface area contributed by atoms with E-state index in [1.54, 1.807) is 5.51 Å². The highest BCUT2D eigenvalue weighted by Gasteiger charge is 2.22. The number of nitrogens with one attached hydrogen (secondary N) is 2. The fourth-order valence-corrected chi connectivity index (χ4v) is 4.61. The lowest BCUT2D eigenvalue weighted by Crippen LogP contribution is -2.46. The summed E-state index contributed by atoms with van der Waals surface area (Å²) in [5.41, 5.74) is 10.4. The summed E-state index contributed by atoms with van der Waals surface area (Å²) in [6.07, 6.45) is 2.61. The van der Waals surface area contributed by atoms with E-state index in [-0.39, 0.29) is 24.3 Å². The van der Waals surface area contributed by atoms with E-state index in [4.69, 9.17) is 10.5 Å². The molecule has 1 heterocycles. The maximum atomic E-state index is 13.1.